The molecule has 0 saturated carbocycles. The Morgan fingerprint density at radius 2 is 1.92 bits per heavy atom. The lowest BCUT2D eigenvalue weighted by atomic mass is 10.1. The van der Waals surface area contributed by atoms with Gasteiger partial charge >= 0.3 is 0 Å². The molecule has 0 bridgehead atoms. The standard InChI is InChI=1S/C18H21FN2O3.ClH/c1-21(14-8-10-20-11-9-14)18(22)17-7-6-16(24-17)12-23-15-4-2-13(19)3-5-15;/h2-7,14,20H,8-12H2,1H3;1H. The van der Waals surface area contributed by atoms with E-state index in [0.29, 0.717) is 17.3 Å². The molecule has 1 amide bonds. The van der Waals surface area contributed by atoms with Crippen molar-refractivity contribution in [1.82, 2.24) is 10.2 Å². The largest absolute Gasteiger partial charge is 0.486 e. The van der Waals surface area contributed by atoms with Gasteiger partial charge in [0.05, 0.1) is 0 Å². The summed E-state index contributed by atoms with van der Waals surface area (Å²) in [5, 5.41) is 3.29. The SMILES string of the molecule is CN(C(=O)c1ccc(COc2ccc(F)cc2)o1)C1CCNCC1.Cl. The van der Waals surface area contributed by atoms with Crippen LogP contribution < -0.4 is 10.1 Å². The summed E-state index contributed by atoms with van der Waals surface area (Å²) in [4.78, 5) is 14.3. The molecule has 0 aliphatic carbocycles. The molecule has 0 radical (unpaired) electrons. The number of ether oxygens (including phenoxy) is 1. The van der Waals surface area contributed by atoms with Gasteiger partial charge in [0.25, 0.3) is 5.91 Å². The highest BCUT2D eigenvalue weighted by Gasteiger charge is 2.24. The van der Waals surface area contributed by atoms with Gasteiger partial charge in [-0.25, -0.2) is 4.39 Å². The zero-order valence-electron chi connectivity index (χ0n) is 14.0. The van der Waals surface area contributed by atoms with Crippen molar-refractivity contribution in [3.05, 3.63) is 53.7 Å². The summed E-state index contributed by atoms with van der Waals surface area (Å²) in [5.41, 5.74) is 0. The number of nitrogens with zero attached hydrogens (tertiary/aromatic N) is 1. The number of halogens is 2. The van der Waals surface area contributed by atoms with Crippen LogP contribution in [0.5, 0.6) is 5.75 Å². The molecule has 3 rings (SSSR count). The fourth-order valence-electron chi connectivity index (χ4n) is 2.79. The monoisotopic (exact) mass is 368 g/mol. The summed E-state index contributed by atoms with van der Waals surface area (Å²) in [5.74, 6) is 0.992. The molecule has 1 aromatic carbocycles. The normalized spacial score (nSPS) is 14.6. The molecule has 1 aliphatic rings. The molecule has 0 atom stereocenters. The summed E-state index contributed by atoms with van der Waals surface area (Å²) in [6, 6.07) is 9.41. The van der Waals surface area contributed by atoms with Gasteiger partial charge < -0.3 is 19.4 Å². The van der Waals surface area contributed by atoms with Crippen molar-refractivity contribution in [2.75, 3.05) is 20.1 Å². The van der Waals surface area contributed by atoms with Crippen LogP contribution in [0.15, 0.2) is 40.8 Å². The van der Waals surface area contributed by atoms with Gasteiger partial charge in [-0.3, -0.25) is 4.79 Å². The highest BCUT2D eigenvalue weighted by atomic mass is 35.5. The molecule has 1 aromatic heterocycles. The summed E-state index contributed by atoms with van der Waals surface area (Å²) >= 11 is 0. The molecule has 2 heterocycles. The van der Waals surface area contributed by atoms with Gasteiger partial charge in [-0.2, -0.15) is 0 Å². The fraction of sp³-hybridized carbons (Fsp3) is 0.389. The molecular weight excluding hydrogens is 347 g/mol. The lowest BCUT2D eigenvalue weighted by Crippen LogP contribution is -2.43. The number of rotatable bonds is 5. The van der Waals surface area contributed by atoms with E-state index in [4.69, 9.17) is 9.15 Å². The fourth-order valence-corrected chi connectivity index (χ4v) is 2.79. The molecule has 25 heavy (non-hydrogen) atoms. The minimum atomic E-state index is -0.311. The molecule has 1 fully saturated rings. The first kappa shape index (κ1) is 19.3. The lowest BCUT2D eigenvalue weighted by Gasteiger charge is -2.31. The number of carbonyl (C=O) groups is 1. The van der Waals surface area contributed by atoms with E-state index in [-0.39, 0.29) is 36.8 Å². The Morgan fingerprint density at radius 1 is 1.24 bits per heavy atom. The topological polar surface area (TPSA) is 54.7 Å². The molecule has 1 N–H and O–H groups in total. The van der Waals surface area contributed by atoms with Crippen LogP contribution in [0.4, 0.5) is 4.39 Å². The van der Waals surface area contributed by atoms with Crippen LogP contribution in [0.2, 0.25) is 0 Å². The minimum Gasteiger partial charge on any atom is -0.486 e. The van der Waals surface area contributed by atoms with E-state index in [1.54, 1.807) is 29.2 Å². The highest BCUT2D eigenvalue weighted by molar-refractivity contribution is 5.91. The molecule has 1 aliphatic heterocycles. The lowest BCUT2D eigenvalue weighted by molar-refractivity contribution is 0.0667. The third-order valence-electron chi connectivity index (χ3n) is 4.24. The van der Waals surface area contributed by atoms with Crippen LogP contribution in [0.1, 0.15) is 29.2 Å². The Bertz CT molecular complexity index is 684. The quantitative estimate of drug-likeness (QED) is 0.880. The Hall–Kier alpha value is -2.05. The number of hydrogen-bond acceptors (Lipinski definition) is 4. The molecule has 0 unspecified atom stereocenters. The highest BCUT2D eigenvalue weighted by Crippen LogP contribution is 2.18. The summed E-state index contributed by atoms with van der Waals surface area (Å²) < 4.78 is 24.0. The van der Waals surface area contributed by atoms with Crippen LogP contribution in [0.3, 0.4) is 0 Å². The van der Waals surface area contributed by atoms with Crippen molar-refractivity contribution in [1.29, 1.82) is 0 Å². The summed E-state index contributed by atoms with van der Waals surface area (Å²) in [6.07, 6.45) is 1.90. The van der Waals surface area contributed by atoms with Crippen molar-refractivity contribution >= 4 is 18.3 Å². The first-order valence-corrected chi connectivity index (χ1v) is 8.08. The number of nitrogens with one attached hydrogen (secondary N) is 1. The number of benzene rings is 1. The number of carbonyl (C=O) groups excluding carboxylic acids is 1. The van der Waals surface area contributed by atoms with Crippen molar-refractivity contribution < 1.29 is 18.3 Å². The number of amides is 1. The second-order valence-electron chi connectivity index (χ2n) is 5.91. The second-order valence-corrected chi connectivity index (χ2v) is 5.91. The first-order valence-electron chi connectivity index (χ1n) is 8.08. The van der Waals surface area contributed by atoms with Crippen LogP contribution >= 0.6 is 12.4 Å². The van der Waals surface area contributed by atoms with E-state index in [1.165, 1.54) is 12.1 Å². The van der Waals surface area contributed by atoms with Gasteiger partial charge in [-0.15, -0.1) is 12.4 Å². The van der Waals surface area contributed by atoms with Crippen molar-refractivity contribution in [2.45, 2.75) is 25.5 Å². The number of hydrogen-bond donors (Lipinski definition) is 1. The Balaban J connectivity index is 0.00000225. The summed E-state index contributed by atoms with van der Waals surface area (Å²) in [6.45, 7) is 2.05. The van der Waals surface area contributed by atoms with Crippen molar-refractivity contribution in [3.8, 4) is 5.75 Å². The maximum absolute atomic E-state index is 12.9. The van der Waals surface area contributed by atoms with Gasteiger partial charge in [-0.1, -0.05) is 0 Å². The Morgan fingerprint density at radius 3 is 2.60 bits per heavy atom. The molecule has 5 nitrogen and oxygen atoms in total. The predicted molar refractivity (Wildman–Crippen MR) is 94.7 cm³/mol. The Kier molecular flexibility index (Phi) is 6.84. The van der Waals surface area contributed by atoms with Gasteiger partial charge in [0.15, 0.2) is 5.76 Å². The third-order valence-corrected chi connectivity index (χ3v) is 4.24. The summed E-state index contributed by atoms with van der Waals surface area (Å²) in [7, 11) is 1.82. The van der Waals surface area contributed by atoms with E-state index in [0.717, 1.165) is 25.9 Å². The van der Waals surface area contributed by atoms with E-state index in [1.807, 2.05) is 7.05 Å². The molecule has 136 valence electrons. The van der Waals surface area contributed by atoms with Crippen molar-refractivity contribution in [3.63, 3.8) is 0 Å². The van der Waals surface area contributed by atoms with Gasteiger partial charge in [0, 0.05) is 13.1 Å². The third kappa shape index (κ3) is 4.96. The van der Waals surface area contributed by atoms with Crippen LogP contribution in [0, 0.1) is 5.82 Å². The second kappa shape index (κ2) is 8.87. The molecular formula is C18H22ClFN2O3. The first-order chi connectivity index (χ1) is 11.6. The van der Waals surface area contributed by atoms with E-state index < -0.39 is 0 Å². The van der Waals surface area contributed by atoms with E-state index in [2.05, 4.69) is 5.32 Å². The van der Waals surface area contributed by atoms with Crippen molar-refractivity contribution in [2.24, 2.45) is 0 Å². The Labute approximate surface area is 152 Å². The van der Waals surface area contributed by atoms with E-state index in [9.17, 15) is 9.18 Å². The van der Waals surface area contributed by atoms with Crippen LogP contribution in [-0.2, 0) is 6.61 Å². The maximum Gasteiger partial charge on any atom is 0.289 e. The average molecular weight is 369 g/mol. The predicted octanol–water partition coefficient (Wildman–Crippen LogP) is 3.24. The smallest absolute Gasteiger partial charge is 0.289 e. The average Bonchev–Trinajstić information content (AvgIpc) is 3.10. The molecule has 7 heteroatoms. The molecule has 2 aromatic rings. The maximum atomic E-state index is 12.9. The molecule has 0 spiro atoms. The van der Waals surface area contributed by atoms with Crippen LogP contribution in [-0.4, -0.2) is 37.0 Å². The van der Waals surface area contributed by atoms with Crippen LogP contribution in [0.25, 0.3) is 0 Å². The van der Waals surface area contributed by atoms with Gasteiger partial charge in [-0.05, 0) is 62.3 Å². The number of furan rings is 1. The van der Waals surface area contributed by atoms with Gasteiger partial charge in [0.1, 0.15) is 23.9 Å². The zero-order chi connectivity index (χ0) is 16.9. The number of piperidine rings is 1. The van der Waals surface area contributed by atoms with Gasteiger partial charge in [0.2, 0.25) is 0 Å². The van der Waals surface area contributed by atoms with E-state index >= 15 is 0 Å². The molecule has 1 saturated heterocycles. The zero-order valence-corrected chi connectivity index (χ0v) is 14.9. The minimum absolute atomic E-state index is 0.